The molecule has 0 radical (unpaired) electrons. The van der Waals surface area contributed by atoms with Crippen LogP contribution in [0.3, 0.4) is 0 Å². The first-order valence-corrected chi connectivity index (χ1v) is 8.51. The number of aromatic amines is 1. The van der Waals surface area contributed by atoms with Crippen molar-refractivity contribution in [1.29, 1.82) is 0 Å². The predicted octanol–water partition coefficient (Wildman–Crippen LogP) is 3.64. The molecule has 2 aromatic heterocycles. The lowest BCUT2D eigenvalue weighted by Crippen LogP contribution is -2.18. The highest BCUT2D eigenvalue weighted by atomic mass is 16.1. The molecule has 0 bridgehead atoms. The molecule has 2 N–H and O–H groups in total. The van der Waals surface area contributed by atoms with Crippen molar-refractivity contribution < 1.29 is 0 Å². The number of aromatic nitrogens is 4. The molecule has 25 heavy (non-hydrogen) atoms. The highest BCUT2D eigenvalue weighted by Gasteiger charge is 2.11. The third kappa shape index (κ3) is 3.38. The number of rotatable bonds is 4. The van der Waals surface area contributed by atoms with E-state index in [4.69, 9.17) is 0 Å². The Morgan fingerprint density at radius 2 is 1.80 bits per heavy atom. The summed E-state index contributed by atoms with van der Waals surface area (Å²) in [4.78, 5) is 28.6. The minimum absolute atomic E-state index is 0.110. The Morgan fingerprint density at radius 1 is 1.04 bits per heavy atom. The summed E-state index contributed by atoms with van der Waals surface area (Å²) in [5.74, 6) is 0.800. The van der Waals surface area contributed by atoms with Crippen LogP contribution in [-0.4, -0.2) is 19.9 Å². The smallest absolute Gasteiger partial charge is 0.255 e. The number of anilines is 2. The maximum atomic E-state index is 12.2. The van der Waals surface area contributed by atoms with E-state index in [1.807, 2.05) is 27.7 Å². The number of fused-ring (bicyclic) bond motifs is 1. The van der Waals surface area contributed by atoms with Crippen LogP contribution >= 0.6 is 0 Å². The molecule has 3 rings (SSSR count). The van der Waals surface area contributed by atoms with E-state index in [1.165, 1.54) is 5.56 Å². The summed E-state index contributed by atoms with van der Waals surface area (Å²) in [6.45, 7) is 9.95. The summed E-state index contributed by atoms with van der Waals surface area (Å²) in [5, 5.41) is 4.08. The van der Waals surface area contributed by atoms with Gasteiger partial charge in [0.1, 0.15) is 0 Å². The first-order valence-electron chi connectivity index (χ1n) is 8.51. The van der Waals surface area contributed by atoms with Crippen molar-refractivity contribution in [2.24, 2.45) is 0 Å². The summed E-state index contributed by atoms with van der Waals surface area (Å²) < 4.78 is 0. The van der Waals surface area contributed by atoms with Crippen molar-refractivity contribution in [1.82, 2.24) is 19.9 Å². The van der Waals surface area contributed by atoms with Crippen LogP contribution in [0, 0.1) is 27.7 Å². The first-order chi connectivity index (χ1) is 11.9. The van der Waals surface area contributed by atoms with Gasteiger partial charge in [-0.1, -0.05) is 25.0 Å². The van der Waals surface area contributed by atoms with Crippen molar-refractivity contribution in [3.05, 3.63) is 50.6 Å². The van der Waals surface area contributed by atoms with Gasteiger partial charge < -0.3 is 0 Å². The zero-order valence-corrected chi connectivity index (χ0v) is 15.3. The van der Waals surface area contributed by atoms with Gasteiger partial charge in [-0.3, -0.25) is 15.1 Å². The fourth-order valence-corrected chi connectivity index (χ4v) is 3.11. The molecule has 0 unspecified atom stereocenters. The largest absolute Gasteiger partial charge is 0.294 e. The predicted molar refractivity (Wildman–Crippen MR) is 101 cm³/mol. The third-order valence-electron chi connectivity index (χ3n) is 4.28. The molecule has 0 saturated heterocycles. The molecule has 1 aromatic carbocycles. The van der Waals surface area contributed by atoms with E-state index in [1.54, 1.807) is 0 Å². The van der Waals surface area contributed by atoms with Gasteiger partial charge in [-0.25, -0.2) is 15.0 Å². The lowest BCUT2D eigenvalue weighted by atomic mass is 10.1. The van der Waals surface area contributed by atoms with E-state index in [-0.39, 0.29) is 5.56 Å². The van der Waals surface area contributed by atoms with Gasteiger partial charge in [-0.05, 0) is 45.7 Å². The van der Waals surface area contributed by atoms with Crippen LogP contribution in [0.2, 0.25) is 0 Å². The standard InChI is InChI=1S/C19H23N5O/c1-6-7-14-12(4)20-19(23-17(14)25)24-18-21-13(5)15-9-10(2)8-11(3)16(15)22-18/h8-9H,6-7H2,1-5H3,(H2,20,21,22,23,24,25). The van der Waals surface area contributed by atoms with Gasteiger partial charge in [0, 0.05) is 16.6 Å². The van der Waals surface area contributed by atoms with Gasteiger partial charge in [0.15, 0.2) is 0 Å². The van der Waals surface area contributed by atoms with E-state index in [0.717, 1.165) is 46.3 Å². The number of nitrogens with zero attached hydrogens (tertiary/aromatic N) is 3. The van der Waals surface area contributed by atoms with Crippen molar-refractivity contribution in [3.63, 3.8) is 0 Å². The highest BCUT2D eigenvalue weighted by Crippen LogP contribution is 2.23. The van der Waals surface area contributed by atoms with Crippen LogP contribution in [0.5, 0.6) is 0 Å². The monoisotopic (exact) mass is 337 g/mol. The van der Waals surface area contributed by atoms with Crippen LogP contribution in [-0.2, 0) is 6.42 Å². The maximum absolute atomic E-state index is 12.2. The second kappa shape index (κ2) is 6.63. The Labute approximate surface area is 146 Å². The maximum Gasteiger partial charge on any atom is 0.255 e. The number of nitrogens with one attached hydrogen (secondary N) is 2. The quantitative estimate of drug-likeness (QED) is 0.759. The average molecular weight is 337 g/mol. The van der Waals surface area contributed by atoms with Crippen LogP contribution in [0.25, 0.3) is 10.9 Å². The molecule has 6 heteroatoms. The Kier molecular flexibility index (Phi) is 4.53. The second-order valence-electron chi connectivity index (χ2n) is 6.46. The molecule has 0 atom stereocenters. The molecule has 0 fully saturated rings. The van der Waals surface area contributed by atoms with Gasteiger partial charge >= 0.3 is 0 Å². The Balaban J connectivity index is 2.03. The summed E-state index contributed by atoms with van der Waals surface area (Å²) in [5.41, 5.74) is 5.43. The molecule has 2 heterocycles. The molecule has 3 aromatic rings. The minimum Gasteiger partial charge on any atom is -0.294 e. The van der Waals surface area contributed by atoms with Crippen molar-refractivity contribution in [3.8, 4) is 0 Å². The average Bonchev–Trinajstić information content (AvgIpc) is 2.52. The molecular weight excluding hydrogens is 314 g/mol. The van der Waals surface area contributed by atoms with Crippen molar-refractivity contribution in [2.75, 3.05) is 5.32 Å². The van der Waals surface area contributed by atoms with Crippen LogP contribution in [0.15, 0.2) is 16.9 Å². The van der Waals surface area contributed by atoms with Gasteiger partial charge in [0.2, 0.25) is 11.9 Å². The number of H-pyrrole nitrogens is 1. The second-order valence-corrected chi connectivity index (χ2v) is 6.46. The fourth-order valence-electron chi connectivity index (χ4n) is 3.11. The minimum atomic E-state index is -0.110. The fraction of sp³-hybridized carbons (Fsp3) is 0.368. The van der Waals surface area contributed by atoms with Crippen molar-refractivity contribution in [2.45, 2.75) is 47.5 Å². The van der Waals surface area contributed by atoms with Crippen molar-refractivity contribution >= 4 is 22.8 Å². The molecule has 130 valence electrons. The van der Waals surface area contributed by atoms with Crippen LogP contribution in [0.4, 0.5) is 11.9 Å². The van der Waals surface area contributed by atoms with E-state index in [0.29, 0.717) is 11.9 Å². The summed E-state index contributed by atoms with van der Waals surface area (Å²) >= 11 is 0. The number of hydrogen-bond donors (Lipinski definition) is 2. The SMILES string of the molecule is CCCc1c(C)nc(Nc2nc(C)c3cc(C)cc(C)c3n2)[nH]c1=O. The highest BCUT2D eigenvalue weighted by molar-refractivity contribution is 5.85. The topological polar surface area (TPSA) is 83.6 Å². The van der Waals surface area contributed by atoms with Gasteiger partial charge in [0.05, 0.1) is 11.2 Å². The first kappa shape index (κ1) is 17.1. The molecule has 6 nitrogen and oxygen atoms in total. The summed E-state index contributed by atoms with van der Waals surface area (Å²) in [6, 6.07) is 4.19. The van der Waals surface area contributed by atoms with E-state index >= 15 is 0 Å². The third-order valence-corrected chi connectivity index (χ3v) is 4.28. The zero-order valence-electron chi connectivity index (χ0n) is 15.3. The lowest BCUT2D eigenvalue weighted by Gasteiger charge is -2.11. The normalized spacial score (nSPS) is 11.1. The van der Waals surface area contributed by atoms with Gasteiger partial charge in [-0.2, -0.15) is 0 Å². The molecule has 0 aliphatic carbocycles. The summed E-state index contributed by atoms with van der Waals surface area (Å²) in [6.07, 6.45) is 1.63. The Hall–Kier alpha value is -2.76. The van der Waals surface area contributed by atoms with E-state index in [2.05, 4.69) is 44.3 Å². The van der Waals surface area contributed by atoms with Crippen LogP contribution in [0.1, 0.15) is 41.4 Å². The molecule has 0 spiro atoms. The molecule has 0 aliphatic rings. The lowest BCUT2D eigenvalue weighted by molar-refractivity contribution is 0.867. The number of benzene rings is 1. The van der Waals surface area contributed by atoms with Gasteiger partial charge in [-0.15, -0.1) is 0 Å². The molecular formula is C19H23N5O. The van der Waals surface area contributed by atoms with Gasteiger partial charge in [0.25, 0.3) is 5.56 Å². The molecule has 0 amide bonds. The Morgan fingerprint density at radius 3 is 2.48 bits per heavy atom. The number of hydrogen-bond acceptors (Lipinski definition) is 5. The molecule has 0 aliphatic heterocycles. The van der Waals surface area contributed by atoms with E-state index < -0.39 is 0 Å². The Bertz CT molecular complexity index is 1010. The molecule has 0 saturated carbocycles. The number of aryl methyl sites for hydroxylation is 4. The summed E-state index contributed by atoms with van der Waals surface area (Å²) in [7, 11) is 0. The van der Waals surface area contributed by atoms with Crippen LogP contribution < -0.4 is 10.9 Å². The zero-order chi connectivity index (χ0) is 18.1. The van der Waals surface area contributed by atoms with E-state index in [9.17, 15) is 4.79 Å².